The van der Waals surface area contributed by atoms with Crippen LogP contribution in [0, 0.1) is 0 Å². The molecular weight excluding hydrogens is 244 g/mol. The summed E-state index contributed by atoms with van der Waals surface area (Å²) in [6.45, 7) is 0.994. The number of alkyl halides is 2. The second-order valence-corrected chi connectivity index (χ2v) is 4.33. The first kappa shape index (κ1) is 13.0. The Morgan fingerprint density at radius 1 is 1.33 bits per heavy atom. The average molecular weight is 259 g/mol. The van der Waals surface area contributed by atoms with Crippen molar-refractivity contribution in [3.05, 3.63) is 24.5 Å². The van der Waals surface area contributed by atoms with E-state index in [0.717, 1.165) is 6.92 Å². The number of nitrogens with one attached hydrogen (secondary N) is 2. The number of piperazine rings is 1. The van der Waals surface area contributed by atoms with Gasteiger partial charge in [-0.2, -0.15) is 4.73 Å². The van der Waals surface area contributed by atoms with E-state index < -0.39 is 24.0 Å². The minimum Gasteiger partial charge on any atom is -0.335 e. The van der Waals surface area contributed by atoms with E-state index in [-0.39, 0.29) is 13.1 Å². The van der Waals surface area contributed by atoms with Crippen LogP contribution in [0.3, 0.4) is 0 Å². The van der Waals surface area contributed by atoms with Gasteiger partial charge in [0.25, 0.3) is 5.92 Å². The number of halogens is 2. The third-order valence-electron chi connectivity index (χ3n) is 2.81. The molecule has 2 atom stereocenters. The molecule has 1 fully saturated rings. The van der Waals surface area contributed by atoms with Crippen LogP contribution in [0.1, 0.15) is 6.92 Å². The molecule has 0 spiro atoms. The van der Waals surface area contributed by atoms with Crippen molar-refractivity contribution in [2.24, 2.45) is 0 Å². The van der Waals surface area contributed by atoms with Crippen LogP contribution < -0.4 is 15.5 Å². The number of hydrogen-bond donors (Lipinski definition) is 2. The van der Waals surface area contributed by atoms with Crippen molar-refractivity contribution in [3.63, 3.8) is 0 Å². The molecule has 2 N–H and O–H groups in total. The normalized spacial score (nSPS) is 24.8. The van der Waals surface area contributed by atoms with E-state index in [2.05, 4.69) is 10.6 Å². The number of aromatic nitrogens is 1. The third-order valence-corrected chi connectivity index (χ3v) is 2.81. The largest absolute Gasteiger partial charge is 0.350 e. The number of carbonyl (C=O) groups excluding carboxylic acids is 1. The second kappa shape index (κ2) is 5.03. The lowest BCUT2D eigenvalue weighted by Crippen LogP contribution is -2.63. The molecule has 0 saturated carbocycles. The summed E-state index contributed by atoms with van der Waals surface area (Å²) in [5.74, 6) is -3.32. The number of hydrogen-bond acceptors (Lipinski definition) is 4. The molecule has 100 valence electrons. The molecule has 0 radical (unpaired) electrons. The Hall–Kier alpha value is -1.47. The van der Waals surface area contributed by atoms with Gasteiger partial charge >= 0.3 is 5.97 Å². The Morgan fingerprint density at radius 2 is 2.00 bits per heavy atom. The van der Waals surface area contributed by atoms with E-state index in [1.807, 2.05) is 0 Å². The first-order chi connectivity index (χ1) is 8.47. The minimum atomic E-state index is -2.82. The second-order valence-electron chi connectivity index (χ2n) is 4.33. The van der Waals surface area contributed by atoms with Gasteiger partial charge in [0.15, 0.2) is 0 Å². The van der Waals surface area contributed by atoms with Crippen molar-refractivity contribution in [2.75, 3.05) is 13.1 Å². The van der Waals surface area contributed by atoms with Crippen LogP contribution in [0.2, 0.25) is 0 Å². The summed E-state index contributed by atoms with van der Waals surface area (Å²) in [5, 5.41) is 5.40. The summed E-state index contributed by atoms with van der Waals surface area (Å²) in [6.07, 6.45) is 3.16. The van der Waals surface area contributed by atoms with Crippen molar-refractivity contribution < 1.29 is 18.4 Å². The first-order valence-electron chi connectivity index (χ1n) is 5.66. The maximum Gasteiger partial charge on any atom is 0.350 e. The van der Waals surface area contributed by atoms with Gasteiger partial charge in [0.1, 0.15) is 6.04 Å². The molecule has 1 aromatic rings. The van der Waals surface area contributed by atoms with Gasteiger partial charge in [-0.1, -0.05) is 0 Å². The van der Waals surface area contributed by atoms with E-state index in [4.69, 9.17) is 4.84 Å². The fraction of sp³-hybridized carbons (Fsp3) is 0.545. The molecule has 1 aliphatic heterocycles. The van der Waals surface area contributed by atoms with Crippen molar-refractivity contribution in [1.29, 1.82) is 0 Å². The van der Waals surface area contributed by atoms with Gasteiger partial charge in [0, 0.05) is 32.4 Å². The third kappa shape index (κ3) is 3.05. The zero-order chi connectivity index (χ0) is 13.2. The molecule has 0 aliphatic carbocycles. The van der Waals surface area contributed by atoms with Gasteiger partial charge in [-0.25, -0.2) is 13.6 Å². The lowest BCUT2D eigenvalue weighted by atomic mass is 10.1. The van der Waals surface area contributed by atoms with Gasteiger partial charge in [-0.05, 0) is 12.1 Å². The van der Waals surface area contributed by atoms with Crippen molar-refractivity contribution in [2.45, 2.75) is 24.9 Å². The first-order valence-corrected chi connectivity index (χ1v) is 5.66. The molecule has 5 nitrogen and oxygen atoms in total. The van der Waals surface area contributed by atoms with Crippen molar-refractivity contribution in [1.82, 2.24) is 15.4 Å². The zero-order valence-electron chi connectivity index (χ0n) is 9.90. The van der Waals surface area contributed by atoms with Gasteiger partial charge in [-0.15, -0.1) is 0 Å². The monoisotopic (exact) mass is 259 g/mol. The molecule has 0 bridgehead atoms. The molecule has 1 saturated heterocycles. The Balaban J connectivity index is 1.84. The highest BCUT2D eigenvalue weighted by Gasteiger charge is 2.38. The quantitative estimate of drug-likeness (QED) is 0.804. The molecule has 1 aliphatic rings. The van der Waals surface area contributed by atoms with E-state index in [0.29, 0.717) is 0 Å². The highest BCUT2D eigenvalue weighted by Crippen LogP contribution is 2.18. The smallest absolute Gasteiger partial charge is 0.335 e. The predicted molar refractivity (Wildman–Crippen MR) is 60.2 cm³/mol. The average Bonchev–Trinajstić information content (AvgIpc) is 2.81. The van der Waals surface area contributed by atoms with Crippen molar-refractivity contribution >= 4 is 5.97 Å². The Kier molecular flexibility index (Phi) is 3.63. The lowest BCUT2D eigenvalue weighted by Gasteiger charge is -2.32. The van der Waals surface area contributed by atoms with Gasteiger partial charge < -0.3 is 15.5 Å². The number of carbonyl (C=O) groups is 1. The summed E-state index contributed by atoms with van der Waals surface area (Å²) < 4.78 is 27.3. The van der Waals surface area contributed by atoms with Crippen LogP contribution >= 0.6 is 0 Å². The molecule has 7 heteroatoms. The summed E-state index contributed by atoms with van der Waals surface area (Å²) in [7, 11) is 0. The SMILES string of the molecule is CC(F)(F)C1CNC(C(=O)On2cccc2)CN1. The molecule has 2 rings (SSSR count). The number of nitrogens with zero attached hydrogens (tertiary/aromatic N) is 1. The Morgan fingerprint density at radius 3 is 2.50 bits per heavy atom. The highest BCUT2D eigenvalue weighted by molar-refractivity contribution is 5.76. The van der Waals surface area contributed by atoms with E-state index >= 15 is 0 Å². The molecular formula is C11H15F2N3O2. The highest BCUT2D eigenvalue weighted by atomic mass is 19.3. The maximum atomic E-state index is 13.0. The van der Waals surface area contributed by atoms with Gasteiger partial charge in [0.05, 0.1) is 6.04 Å². The summed E-state index contributed by atoms with van der Waals surface area (Å²) in [6, 6.07) is 1.85. The predicted octanol–water partition coefficient (Wildman–Crippen LogP) is 0.0285. The molecule has 18 heavy (non-hydrogen) atoms. The molecule has 0 amide bonds. The van der Waals surface area contributed by atoms with Crippen molar-refractivity contribution in [3.8, 4) is 0 Å². The Labute approximate surface area is 103 Å². The fourth-order valence-electron chi connectivity index (χ4n) is 1.74. The summed E-state index contributed by atoms with van der Waals surface area (Å²) >= 11 is 0. The van der Waals surface area contributed by atoms with Crippen LogP contribution in [-0.4, -0.2) is 41.8 Å². The fourth-order valence-corrected chi connectivity index (χ4v) is 1.74. The molecule has 2 heterocycles. The van der Waals surface area contributed by atoms with Crippen LogP contribution in [-0.2, 0) is 4.79 Å². The van der Waals surface area contributed by atoms with Crippen LogP contribution in [0.25, 0.3) is 0 Å². The van der Waals surface area contributed by atoms with E-state index in [1.165, 1.54) is 4.73 Å². The molecule has 1 aromatic heterocycles. The van der Waals surface area contributed by atoms with Gasteiger partial charge in [0.2, 0.25) is 0 Å². The minimum absolute atomic E-state index is 0.0228. The molecule has 2 unspecified atom stereocenters. The lowest BCUT2D eigenvalue weighted by molar-refractivity contribution is -0.147. The van der Waals surface area contributed by atoms with E-state index in [1.54, 1.807) is 24.5 Å². The van der Waals surface area contributed by atoms with Crippen LogP contribution in [0.5, 0.6) is 0 Å². The van der Waals surface area contributed by atoms with Crippen LogP contribution in [0.4, 0.5) is 8.78 Å². The Bertz CT molecular complexity index is 395. The maximum absolute atomic E-state index is 13.0. The summed E-state index contributed by atoms with van der Waals surface area (Å²) in [5.41, 5.74) is 0. The van der Waals surface area contributed by atoms with E-state index in [9.17, 15) is 13.6 Å². The zero-order valence-corrected chi connectivity index (χ0v) is 9.90. The van der Waals surface area contributed by atoms with Gasteiger partial charge in [-0.3, -0.25) is 0 Å². The number of rotatable bonds is 3. The molecule has 0 aromatic carbocycles. The standard InChI is InChI=1S/C11H15F2N3O2/c1-11(12,13)9-7-14-8(6-15-9)10(17)18-16-4-2-3-5-16/h2-5,8-9,14-15H,6-7H2,1H3. The topological polar surface area (TPSA) is 55.3 Å². The summed E-state index contributed by atoms with van der Waals surface area (Å²) in [4.78, 5) is 16.7. The van der Waals surface area contributed by atoms with Crippen LogP contribution in [0.15, 0.2) is 24.5 Å².